The van der Waals surface area contributed by atoms with Crippen LogP contribution in [0.3, 0.4) is 0 Å². The first-order chi connectivity index (χ1) is 17.9. The third-order valence-corrected chi connectivity index (χ3v) is 9.92. The number of hydrogen-bond acceptors (Lipinski definition) is 9. The van der Waals surface area contributed by atoms with Gasteiger partial charge in [-0.3, -0.25) is 14.4 Å². The molecule has 0 bridgehead atoms. The third kappa shape index (κ3) is 4.98. The van der Waals surface area contributed by atoms with E-state index < -0.39 is 40.6 Å². The second-order valence-corrected chi connectivity index (χ2v) is 12.1. The van der Waals surface area contributed by atoms with Gasteiger partial charge in [-0.2, -0.15) is 0 Å². The molecule has 9 nitrogen and oxygen atoms in total. The van der Waals surface area contributed by atoms with Crippen molar-refractivity contribution in [3.8, 4) is 0 Å². The molecule has 0 N–H and O–H groups in total. The standard InChI is InChI=1S/C29H42O9/c1-7-17(2)26(33)38-22(21-12-25(32)34-14-21)13-27(6)18(3)11-24(37-20(5)31)29(16-35-19(4)30)23(27)9-8-10-28(29)15-36-28/h12,17-18,22-24H,7-11,13-16H2,1-6H3/t17-,18-,22+,23-,24+,27+,28+,29+/m1/s1. The predicted molar refractivity (Wildman–Crippen MR) is 136 cm³/mol. The first-order valence-corrected chi connectivity index (χ1v) is 13.9. The zero-order valence-corrected chi connectivity index (χ0v) is 23.5. The molecule has 0 radical (unpaired) electrons. The summed E-state index contributed by atoms with van der Waals surface area (Å²) < 4.78 is 29.2. The van der Waals surface area contributed by atoms with Gasteiger partial charge in [-0.1, -0.05) is 34.1 Å². The molecule has 2 aliphatic heterocycles. The SMILES string of the molecule is CC[C@@H](C)C(=O)O[C@@H](C[C@@]1(C)[C@H](C)C[C@H](OC(C)=O)[C@]2(COC(C)=O)[C@@H]1CCC[C@]21CO1)C1=CC(=O)OC1. The Hall–Kier alpha value is -2.42. The van der Waals surface area contributed by atoms with E-state index in [9.17, 15) is 19.2 Å². The number of carbonyl (C=O) groups excluding carboxylic acids is 4. The molecular weight excluding hydrogens is 492 g/mol. The smallest absolute Gasteiger partial charge is 0.331 e. The monoisotopic (exact) mass is 534 g/mol. The number of esters is 4. The molecule has 0 aromatic heterocycles. The van der Waals surface area contributed by atoms with Crippen LogP contribution in [0.5, 0.6) is 0 Å². The van der Waals surface area contributed by atoms with Gasteiger partial charge in [0, 0.05) is 25.5 Å². The van der Waals surface area contributed by atoms with Gasteiger partial charge in [0.2, 0.25) is 0 Å². The predicted octanol–water partition coefficient (Wildman–Crippen LogP) is 3.91. The Labute approximate surface area is 224 Å². The van der Waals surface area contributed by atoms with Crippen molar-refractivity contribution in [2.24, 2.45) is 28.6 Å². The van der Waals surface area contributed by atoms with Crippen LogP contribution in [-0.4, -0.2) is 61.5 Å². The Bertz CT molecular complexity index is 998. The van der Waals surface area contributed by atoms with Crippen molar-refractivity contribution in [3.05, 3.63) is 11.6 Å². The number of epoxide rings is 1. The van der Waals surface area contributed by atoms with Gasteiger partial charge in [-0.05, 0) is 49.4 Å². The summed E-state index contributed by atoms with van der Waals surface area (Å²) in [4.78, 5) is 49.3. The molecule has 0 unspecified atom stereocenters. The van der Waals surface area contributed by atoms with Crippen molar-refractivity contribution >= 4 is 23.9 Å². The average molecular weight is 535 g/mol. The summed E-state index contributed by atoms with van der Waals surface area (Å²) >= 11 is 0. The van der Waals surface area contributed by atoms with Gasteiger partial charge in [-0.15, -0.1) is 0 Å². The van der Waals surface area contributed by atoms with Gasteiger partial charge in [0.15, 0.2) is 0 Å². The van der Waals surface area contributed by atoms with E-state index in [1.807, 2.05) is 13.8 Å². The second-order valence-electron chi connectivity index (χ2n) is 12.1. The first-order valence-electron chi connectivity index (χ1n) is 13.9. The average Bonchev–Trinajstić information content (AvgIpc) is 3.50. The van der Waals surface area contributed by atoms with Crippen molar-refractivity contribution in [2.75, 3.05) is 19.8 Å². The maximum absolute atomic E-state index is 12.9. The van der Waals surface area contributed by atoms with E-state index in [0.717, 1.165) is 19.3 Å². The third-order valence-electron chi connectivity index (χ3n) is 9.92. The summed E-state index contributed by atoms with van der Waals surface area (Å²) in [6.07, 6.45) is 4.53. The van der Waals surface area contributed by atoms with Gasteiger partial charge in [0.05, 0.1) is 17.9 Å². The normalized spacial score (nSPS) is 37.4. The quantitative estimate of drug-likeness (QED) is 0.246. The number of fused-ring (bicyclic) bond motifs is 2. The highest BCUT2D eigenvalue weighted by molar-refractivity contribution is 5.85. The van der Waals surface area contributed by atoms with E-state index in [1.165, 1.54) is 19.9 Å². The lowest BCUT2D eigenvalue weighted by atomic mass is 9.42. The lowest BCUT2D eigenvalue weighted by molar-refractivity contribution is -0.232. The Morgan fingerprint density at radius 1 is 1.21 bits per heavy atom. The molecule has 1 spiro atoms. The molecule has 9 heteroatoms. The Morgan fingerprint density at radius 2 is 1.92 bits per heavy atom. The molecule has 4 aliphatic rings. The van der Waals surface area contributed by atoms with Gasteiger partial charge in [0.25, 0.3) is 0 Å². The maximum Gasteiger partial charge on any atom is 0.331 e. The fourth-order valence-electron chi connectivity index (χ4n) is 7.37. The van der Waals surface area contributed by atoms with Crippen molar-refractivity contribution in [1.82, 2.24) is 0 Å². The summed E-state index contributed by atoms with van der Waals surface area (Å²) in [5, 5.41) is 0. The van der Waals surface area contributed by atoms with Gasteiger partial charge >= 0.3 is 23.9 Å². The van der Waals surface area contributed by atoms with Crippen LogP contribution >= 0.6 is 0 Å². The van der Waals surface area contributed by atoms with Crippen LogP contribution in [0.4, 0.5) is 0 Å². The zero-order valence-electron chi connectivity index (χ0n) is 23.5. The highest BCUT2D eigenvalue weighted by Gasteiger charge is 2.75. The minimum absolute atomic E-state index is 0.0536. The number of rotatable bonds is 9. The van der Waals surface area contributed by atoms with Crippen LogP contribution in [-0.2, 0) is 42.9 Å². The minimum Gasteiger partial charge on any atom is -0.465 e. The Balaban J connectivity index is 1.76. The Kier molecular flexibility index (Phi) is 7.99. The van der Waals surface area contributed by atoms with Crippen LogP contribution < -0.4 is 0 Å². The lowest BCUT2D eigenvalue weighted by Crippen LogP contribution is -2.67. The van der Waals surface area contributed by atoms with E-state index in [2.05, 4.69) is 13.8 Å². The molecule has 2 heterocycles. The fraction of sp³-hybridized carbons (Fsp3) is 0.793. The molecule has 1 saturated heterocycles. The van der Waals surface area contributed by atoms with Crippen LogP contribution in [0.1, 0.15) is 80.1 Å². The summed E-state index contributed by atoms with van der Waals surface area (Å²) in [7, 11) is 0. The number of carbonyl (C=O) groups is 4. The van der Waals surface area contributed by atoms with E-state index in [-0.39, 0.29) is 42.9 Å². The van der Waals surface area contributed by atoms with E-state index in [4.69, 9.17) is 23.7 Å². The lowest BCUT2D eigenvalue weighted by Gasteiger charge is -2.63. The van der Waals surface area contributed by atoms with Crippen LogP contribution in [0.15, 0.2) is 11.6 Å². The van der Waals surface area contributed by atoms with Crippen LogP contribution in [0, 0.1) is 28.6 Å². The van der Waals surface area contributed by atoms with Crippen molar-refractivity contribution < 1.29 is 42.9 Å². The van der Waals surface area contributed by atoms with Crippen molar-refractivity contribution in [3.63, 3.8) is 0 Å². The summed E-state index contributed by atoms with van der Waals surface area (Å²) in [5.74, 6) is -1.77. The molecular formula is C29H42O9. The molecule has 3 fully saturated rings. The minimum atomic E-state index is -0.731. The molecule has 0 aromatic carbocycles. The fourth-order valence-corrected chi connectivity index (χ4v) is 7.37. The van der Waals surface area contributed by atoms with Gasteiger partial charge in [0.1, 0.15) is 31.0 Å². The molecule has 0 amide bonds. The van der Waals surface area contributed by atoms with Gasteiger partial charge < -0.3 is 23.7 Å². The van der Waals surface area contributed by atoms with E-state index in [0.29, 0.717) is 31.4 Å². The first kappa shape index (κ1) is 28.6. The zero-order chi connectivity index (χ0) is 27.9. The molecule has 8 atom stereocenters. The van der Waals surface area contributed by atoms with E-state index >= 15 is 0 Å². The molecule has 2 saturated carbocycles. The number of ether oxygens (including phenoxy) is 5. The maximum atomic E-state index is 12.9. The number of cyclic esters (lactones) is 1. The topological polar surface area (TPSA) is 118 Å². The Morgan fingerprint density at radius 3 is 2.47 bits per heavy atom. The van der Waals surface area contributed by atoms with Crippen LogP contribution in [0.25, 0.3) is 0 Å². The summed E-state index contributed by atoms with van der Waals surface area (Å²) in [6.45, 7) is 11.6. The molecule has 38 heavy (non-hydrogen) atoms. The molecule has 212 valence electrons. The molecule has 0 aromatic rings. The largest absolute Gasteiger partial charge is 0.465 e. The highest BCUT2D eigenvalue weighted by atomic mass is 16.6. The number of hydrogen-bond donors (Lipinski definition) is 0. The molecule has 2 aliphatic carbocycles. The van der Waals surface area contributed by atoms with Crippen LogP contribution in [0.2, 0.25) is 0 Å². The van der Waals surface area contributed by atoms with Gasteiger partial charge in [-0.25, -0.2) is 4.79 Å². The van der Waals surface area contributed by atoms with E-state index in [1.54, 1.807) is 0 Å². The highest BCUT2D eigenvalue weighted by Crippen LogP contribution is 2.69. The molecule has 4 rings (SSSR count). The van der Waals surface area contributed by atoms with Crippen molar-refractivity contribution in [2.45, 2.75) is 97.9 Å². The second kappa shape index (κ2) is 10.6. The van der Waals surface area contributed by atoms with Crippen molar-refractivity contribution in [1.29, 1.82) is 0 Å². The summed E-state index contributed by atoms with van der Waals surface area (Å²) in [5.41, 5.74) is -1.03. The summed E-state index contributed by atoms with van der Waals surface area (Å²) in [6, 6.07) is 0.